The Morgan fingerprint density at radius 2 is 1.92 bits per heavy atom. The third kappa shape index (κ3) is 4.70. The highest BCUT2D eigenvalue weighted by Crippen LogP contribution is 2.50. The number of nitrogens with one attached hydrogen (secondary N) is 1. The zero-order chi connectivity index (χ0) is 25.2. The number of rotatable bonds is 5. The lowest BCUT2D eigenvalue weighted by atomic mass is 10.2. The normalized spacial score (nSPS) is 18.1. The lowest BCUT2D eigenvalue weighted by molar-refractivity contribution is -0.122. The van der Waals surface area contributed by atoms with Crippen LogP contribution in [0, 0.1) is 11.3 Å². The van der Waals surface area contributed by atoms with Crippen LogP contribution in [0.3, 0.4) is 0 Å². The number of nitriles is 1. The van der Waals surface area contributed by atoms with Crippen molar-refractivity contribution in [1.29, 1.82) is 5.26 Å². The molecule has 1 saturated heterocycles. The molecule has 1 N–H and O–H groups in total. The molecule has 9 heteroatoms. The van der Waals surface area contributed by atoms with Gasteiger partial charge in [0.05, 0.1) is 40.3 Å². The Bertz CT molecular complexity index is 1460. The summed E-state index contributed by atoms with van der Waals surface area (Å²) in [4.78, 5) is 24.2. The summed E-state index contributed by atoms with van der Waals surface area (Å²) in [5, 5.41) is 14.8. The first-order valence-corrected chi connectivity index (χ1v) is 13.4. The van der Waals surface area contributed by atoms with Crippen molar-refractivity contribution in [3.8, 4) is 6.07 Å². The van der Waals surface area contributed by atoms with Crippen LogP contribution in [-0.4, -0.2) is 29.6 Å². The maximum Gasteiger partial charge on any atom is 0.269 e. The molecule has 1 amide bonds. The van der Waals surface area contributed by atoms with Crippen LogP contribution in [0.5, 0.6) is 0 Å². The van der Waals surface area contributed by atoms with E-state index in [9.17, 15) is 10.1 Å². The number of nitrogens with zero attached hydrogens (tertiary/aromatic N) is 4. The van der Waals surface area contributed by atoms with Crippen molar-refractivity contribution in [2.75, 3.05) is 23.8 Å². The van der Waals surface area contributed by atoms with E-state index in [1.165, 1.54) is 11.8 Å². The van der Waals surface area contributed by atoms with E-state index < -0.39 is 0 Å². The van der Waals surface area contributed by atoms with Crippen LogP contribution >= 0.6 is 35.1 Å². The van der Waals surface area contributed by atoms with E-state index in [4.69, 9.17) is 16.6 Å². The molecule has 2 aliphatic rings. The minimum absolute atomic E-state index is 0.109. The summed E-state index contributed by atoms with van der Waals surface area (Å²) in [7, 11) is 1.98. The van der Waals surface area contributed by atoms with Crippen molar-refractivity contribution in [3.63, 3.8) is 0 Å². The first kappa shape index (κ1) is 24.3. The molecule has 2 heterocycles. The molecule has 3 aromatic carbocycles. The molecule has 1 fully saturated rings. The molecule has 2 aliphatic heterocycles. The maximum atomic E-state index is 13.8. The number of hydrogen-bond donors (Lipinski definition) is 1. The molecule has 0 aromatic heterocycles. The standard InChI is InChI=1S/C27H22ClN5OS2/c1-3-30-20-12-11-17(15-29)14-21(20)31-27-33(16-18-7-6-8-19(28)13-18)25(34)24(36-27)26-32(2)22-9-4-5-10-23(22)35-26/h4-14,30H,3,16H2,1-2H3/b26-24-,31-27?. The van der Waals surface area contributed by atoms with Crippen molar-refractivity contribution >= 4 is 63.3 Å². The van der Waals surface area contributed by atoms with Gasteiger partial charge in [-0.05, 0) is 66.7 Å². The SMILES string of the molecule is CCNc1ccc(C#N)cc1N=C1S/C(=C2\Sc3ccccc3N2C)C(=O)N1Cc1cccc(Cl)c1. The fourth-order valence-corrected chi connectivity index (χ4v) is 6.56. The molecule has 0 spiro atoms. The Morgan fingerprint density at radius 3 is 2.67 bits per heavy atom. The second kappa shape index (κ2) is 10.3. The van der Waals surface area contributed by atoms with Crippen LogP contribution in [0.15, 0.2) is 86.6 Å². The lowest BCUT2D eigenvalue weighted by Crippen LogP contribution is -2.29. The number of aliphatic imine (C=N–C) groups is 1. The number of carbonyl (C=O) groups is 1. The van der Waals surface area contributed by atoms with Gasteiger partial charge in [-0.1, -0.05) is 47.6 Å². The van der Waals surface area contributed by atoms with Gasteiger partial charge < -0.3 is 10.2 Å². The lowest BCUT2D eigenvalue weighted by Gasteiger charge is -2.17. The Labute approximate surface area is 223 Å². The Hall–Kier alpha value is -3.38. The molecule has 180 valence electrons. The Kier molecular flexibility index (Phi) is 6.97. The number of benzene rings is 3. The van der Waals surface area contributed by atoms with Gasteiger partial charge >= 0.3 is 0 Å². The summed E-state index contributed by atoms with van der Waals surface area (Å²) >= 11 is 9.17. The fourth-order valence-electron chi connectivity index (χ4n) is 4.01. The predicted molar refractivity (Wildman–Crippen MR) is 150 cm³/mol. The first-order chi connectivity index (χ1) is 17.5. The molecule has 0 bridgehead atoms. The number of carbonyl (C=O) groups excluding carboxylic acids is 1. The highest BCUT2D eigenvalue weighted by molar-refractivity contribution is 8.19. The van der Waals surface area contributed by atoms with Crippen LogP contribution in [0.4, 0.5) is 17.1 Å². The van der Waals surface area contributed by atoms with E-state index in [1.807, 2.05) is 56.4 Å². The minimum Gasteiger partial charge on any atom is -0.384 e. The van der Waals surface area contributed by atoms with Crippen LogP contribution in [0.25, 0.3) is 0 Å². The van der Waals surface area contributed by atoms with Gasteiger partial charge in [0.15, 0.2) is 5.17 Å². The molecule has 0 radical (unpaired) electrons. The van der Waals surface area contributed by atoms with Gasteiger partial charge in [0.1, 0.15) is 4.91 Å². The van der Waals surface area contributed by atoms with Crippen molar-refractivity contribution in [2.45, 2.75) is 18.4 Å². The van der Waals surface area contributed by atoms with Crippen molar-refractivity contribution in [1.82, 2.24) is 4.90 Å². The van der Waals surface area contributed by atoms with E-state index in [0.717, 1.165) is 26.9 Å². The van der Waals surface area contributed by atoms with Gasteiger partial charge in [0, 0.05) is 23.5 Å². The Morgan fingerprint density at radius 1 is 1.08 bits per heavy atom. The van der Waals surface area contributed by atoms with Gasteiger partial charge in [0.25, 0.3) is 5.91 Å². The maximum absolute atomic E-state index is 13.8. The van der Waals surface area contributed by atoms with Crippen LogP contribution in [-0.2, 0) is 11.3 Å². The number of anilines is 2. The molecule has 0 atom stereocenters. The average Bonchev–Trinajstić information content (AvgIpc) is 3.37. The molecule has 0 saturated carbocycles. The predicted octanol–water partition coefficient (Wildman–Crippen LogP) is 6.82. The molecule has 6 nitrogen and oxygen atoms in total. The summed E-state index contributed by atoms with van der Waals surface area (Å²) in [5.41, 5.74) is 3.90. The number of fused-ring (bicyclic) bond motifs is 1. The zero-order valence-corrected chi connectivity index (χ0v) is 22.0. The van der Waals surface area contributed by atoms with Gasteiger partial charge in [-0.15, -0.1) is 0 Å². The Balaban J connectivity index is 1.60. The molecule has 5 rings (SSSR count). The number of amidine groups is 1. The summed E-state index contributed by atoms with van der Waals surface area (Å²) in [6.45, 7) is 3.04. The zero-order valence-electron chi connectivity index (χ0n) is 19.7. The number of halogens is 1. The molecule has 3 aromatic rings. The van der Waals surface area contributed by atoms with E-state index >= 15 is 0 Å². The van der Waals surface area contributed by atoms with Crippen LogP contribution in [0.2, 0.25) is 5.02 Å². The number of thioether (sulfide) groups is 2. The summed E-state index contributed by atoms with van der Waals surface area (Å²) in [6.07, 6.45) is 0. The first-order valence-electron chi connectivity index (χ1n) is 11.3. The highest BCUT2D eigenvalue weighted by atomic mass is 35.5. The number of hydrogen-bond acceptors (Lipinski definition) is 7. The van der Waals surface area contributed by atoms with Gasteiger partial charge in [-0.2, -0.15) is 5.26 Å². The second-order valence-electron chi connectivity index (χ2n) is 8.15. The third-order valence-corrected chi connectivity index (χ3v) is 8.40. The summed E-state index contributed by atoms with van der Waals surface area (Å²) in [6, 6.07) is 23.1. The second-order valence-corrected chi connectivity index (χ2v) is 10.6. The minimum atomic E-state index is -0.109. The van der Waals surface area contributed by atoms with E-state index in [0.29, 0.717) is 39.4 Å². The van der Waals surface area contributed by atoms with E-state index in [1.54, 1.807) is 28.8 Å². The van der Waals surface area contributed by atoms with E-state index in [2.05, 4.69) is 28.4 Å². The van der Waals surface area contributed by atoms with Crippen LogP contribution in [0.1, 0.15) is 18.1 Å². The monoisotopic (exact) mass is 531 g/mol. The van der Waals surface area contributed by atoms with Crippen molar-refractivity contribution in [3.05, 3.63) is 92.8 Å². The quantitative estimate of drug-likeness (QED) is 0.364. The summed E-state index contributed by atoms with van der Waals surface area (Å²) in [5.74, 6) is -0.109. The van der Waals surface area contributed by atoms with E-state index in [-0.39, 0.29) is 5.91 Å². The fraction of sp³-hybridized carbons (Fsp3) is 0.148. The molecule has 0 aliphatic carbocycles. The summed E-state index contributed by atoms with van der Waals surface area (Å²) < 4.78 is 0. The molecular weight excluding hydrogens is 510 g/mol. The van der Waals surface area contributed by atoms with Gasteiger partial charge in [-0.3, -0.25) is 9.69 Å². The largest absolute Gasteiger partial charge is 0.384 e. The average molecular weight is 532 g/mol. The highest BCUT2D eigenvalue weighted by Gasteiger charge is 2.39. The third-order valence-electron chi connectivity index (χ3n) is 5.74. The molecular formula is C27H22ClN5OS2. The van der Waals surface area contributed by atoms with Gasteiger partial charge in [0.2, 0.25) is 0 Å². The van der Waals surface area contributed by atoms with Crippen LogP contribution < -0.4 is 10.2 Å². The topological polar surface area (TPSA) is 71.7 Å². The number of amides is 1. The number of para-hydroxylation sites is 1. The van der Waals surface area contributed by atoms with Crippen molar-refractivity contribution in [2.24, 2.45) is 4.99 Å². The molecule has 36 heavy (non-hydrogen) atoms. The smallest absolute Gasteiger partial charge is 0.269 e. The van der Waals surface area contributed by atoms with Gasteiger partial charge in [-0.25, -0.2) is 4.99 Å². The van der Waals surface area contributed by atoms with Crippen molar-refractivity contribution < 1.29 is 4.79 Å². The molecule has 0 unspecified atom stereocenters.